The van der Waals surface area contributed by atoms with Gasteiger partial charge in [0.1, 0.15) is 0 Å². The first-order valence-corrected chi connectivity index (χ1v) is 9.52. The number of nitrogens with one attached hydrogen (secondary N) is 1. The zero-order valence-corrected chi connectivity index (χ0v) is 17.2. The Bertz CT molecular complexity index is 954. The molecule has 0 aliphatic heterocycles. The molecule has 0 radical (unpaired) electrons. The first-order chi connectivity index (χ1) is 13.8. The van der Waals surface area contributed by atoms with Gasteiger partial charge in [-0.2, -0.15) is 5.10 Å². The summed E-state index contributed by atoms with van der Waals surface area (Å²) >= 11 is 0. The summed E-state index contributed by atoms with van der Waals surface area (Å²) in [6.07, 6.45) is 6.49. The lowest BCUT2D eigenvalue weighted by Gasteiger charge is -2.24. The van der Waals surface area contributed by atoms with Gasteiger partial charge in [-0.05, 0) is 31.2 Å². The summed E-state index contributed by atoms with van der Waals surface area (Å²) in [6.45, 7) is 12.5. The minimum Gasteiger partial charge on any atom is -0.403 e. The highest BCUT2D eigenvalue weighted by Crippen LogP contribution is 2.28. The Morgan fingerprint density at radius 1 is 1.31 bits per heavy atom. The summed E-state index contributed by atoms with van der Waals surface area (Å²) in [4.78, 5) is 11.3. The van der Waals surface area contributed by atoms with Crippen LogP contribution in [0.5, 0.6) is 0 Å². The second-order valence-electron chi connectivity index (χ2n) is 7.31. The fourth-order valence-corrected chi connectivity index (χ4v) is 2.51. The number of carbonyl (C=O) groups is 1. The van der Waals surface area contributed by atoms with Crippen LogP contribution in [0.25, 0.3) is 17.0 Å². The average Bonchev–Trinajstić information content (AvgIpc) is 3.26. The van der Waals surface area contributed by atoms with E-state index in [2.05, 4.69) is 54.5 Å². The third kappa shape index (κ3) is 5.34. The molecule has 0 unspecified atom stereocenters. The third-order valence-corrected chi connectivity index (χ3v) is 4.05. The van der Waals surface area contributed by atoms with Gasteiger partial charge in [0.25, 0.3) is 11.8 Å². The van der Waals surface area contributed by atoms with Crippen LogP contribution in [-0.2, 0) is 0 Å². The van der Waals surface area contributed by atoms with Crippen LogP contribution in [0.4, 0.5) is 11.7 Å². The largest absolute Gasteiger partial charge is 0.403 e. The minimum absolute atomic E-state index is 0.181. The number of amides is 1. The maximum Gasteiger partial charge on any atom is 0.315 e. The SMILES string of the molecule is C=C.CC(C)C.NC(=O)c1cnn2cc(-c3nnc(NC4CCC4)o3)cc2c1N. The zero-order chi connectivity index (χ0) is 21.6. The Morgan fingerprint density at radius 2 is 1.97 bits per heavy atom. The van der Waals surface area contributed by atoms with Crippen LogP contribution < -0.4 is 16.8 Å². The second kappa shape index (κ2) is 9.72. The maximum atomic E-state index is 11.3. The van der Waals surface area contributed by atoms with Crippen molar-refractivity contribution in [3.8, 4) is 11.5 Å². The van der Waals surface area contributed by atoms with Gasteiger partial charge in [-0.25, -0.2) is 4.52 Å². The van der Waals surface area contributed by atoms with E-state index >= 15 is 0 Å². The number of hydrogen-bond acceptors (Lipinski definition) is 7. The van der Waals surface area contributed by atoms with E-state index in [0.29, 0.717) is 29.0 Å². The zero-order valence-electron chi connectivity index (χ0n) is 17.2. The summed E-state index contributed by atoms with van der Waals surface area (Å²) in [5, 5.41) is 15.3. The molecule has 1 aliphatic rings. The average molecular weight is 399 g/mol. The minimum atomic E-state index is -0.620. The molecule has 1 amide bonds. The van der Waals surface area contributed by atoms with Crippen molar-refractivity contribution in [2.45, 2.75) is 46.1 Å². The highest BCUT2D eigenvalue weighted by molar-refractivity contribution is 6.01. The van der Waals surface area contributed by atoms with Gasteiger partial charge in [-0.15, -0.1) is 18.3 Å². The van der Waals surface area contributed by atoms with Gasteiger partial charge in [-0.1, -0.05) is 25.9 Å². The molecule has 1 fully saturated rings. The Kier molecular flexibility index (Phi) is 7.35. The molecule has 3 aromatic rings. The Hall–Kier alpha value is -3.36. The molecule has 0 saturated heterocycles. The van der Waals surface area contributed by atoms with Crippen molar-refractivity contribution in [1.29, 1.82) is 0 Å². The molecule has 0 aromatic carbocycles. The summed E-state index contributed by atoms with van der Waals surface area (Å²) in [5.41, 5.74) is 12.9. The molecule has 0 spiro atoms. The van der Waals surface area contributed by atoms with Gasteiger partial charge in [0.05, 0.1) is 28.5 Å². The van der Waals surface area contributed by atoms with Gasteiger partial charge < -0.3 is 21.2 Å². The summed E-state index contributed by atoms with van der Waals surface area (Å²) in [7, 11) is 0. The predicted molar refractivity (Wildman–Crippen MR) is 114 cm³/mol. The fourth-order valence-electron chi connectivity index (χ4n) is 2.51. The molecule has 4 rings (SSSR count). The third-order valence-electron chi connectivity index (χ3n) is 4.05. The lowest BCUT2D eigenvalue weighted by molar-refractivity contribution is 0.100. The number of primary amides is 1. The number of aromatic nitrogens is 4. The molecule has 3 aromatic heterocycles. The maximum absolute atomic E-state index is 11.3. The number of hydrogen-bond donors (Lipinski definition) is 3. The molecule has 5 N–H and O–H groups in total. The van der Waals surface area contributed by atoms with Crippen molar-refractivity contribution in [2.75, 3.05) is 11.1 Å². The van der Waals surface area contributed by atoms with Crippen LogP contribution in [-0.4, -0.2) is 31.8 Å². The lowest BCUT2D eigenvalue weighted by Crippen LogP contribution is -2.27. The van der Waals surface area contributed by atoms with Crippen LogP contribution >= 0.6 is 0 Å². The second-order valence-corrected chi connectivity index (χ2v) is 7.31. The van der Waals surface area contributed by atoms with Gasteiger partial charge in [-0.3, -0.25) is 4.79 Å². The van der Waals surface area contributed by atoms with Crippen molar-refractivity contribution in [1.82, 2.24) is 19.8 Å². The van der Waals surface area contributed by atoms with E-state index in [1.54, 1.807) is 16.8 Å². The van der Waals surface area contributed by atoms with Gasteiger partial charge in [0.2, 0.25) is 0 Å². The van der Waals surface area contributed by atoms with Crippen molar-refractivity contribution < 1.29 is 9.21 Å². The van der Waals surface area contributed by atoms with E-state index in [-0.39, 0.29) is 11.3 Å². The molecule has 1 saturated carbocycles. The Morgan fingerprint density at radius 3 is 2.52 bits per heavy atom. The summed E-state index contributed by atoms with van der Waals surface area (Å²) < 4.78 is 7.16. The monoisotopic (exact) mass is 399 g/mol. The van der Waals surface area contributed by atoms with Crippen molar-refractivity contribution in [3.05, 3.63) is 37.2 Å². The molecule has 3 heterocycles. The molecule has 1 aliphatic carbocycles. The molecule has 0 bridgehead atoms. The van der Waals surface area contributed by atoms with E-state index in [0.717, 1.165) is 18.8 Å². The van der Waals surface area contributed by atoms with Crippen LogP contribution in [0.15, 0.2) is 36.0 Å². The molecule has 0 atom stereocenters. The molecule has 9 heteroatoms. The number of rotatable bonds is 4. The van der Waals surface area contributed by atoms with E-state index in [1.807, 2.05) is 0 Å². The Labute approximate surface area is 170 Å². The van der Waals surface area contributed by atoms with Crippen LogP contribution in [0.1, 0.15) is 50.4 Å². The number of nitrogen functional groups attached to an aromatic ring is 1. The number of fused-ring (bicyclic) bond motifs is 1. The van der Waals surface area contributed by atoms with Crippen LogP contribution in [0, 0.1) is 5.92 Å². The van der Waals surface area contributed by atoms with Crippen molar-refractivity contribution in [2.24, 2.45) is 11.7 Å². The Balaban J connectivity index is 0.000000449. The van der Waals surface area contributed by atoms with E-state index < -0.39 is 5.91 Å². The number of carbonyl (C=O) groups excluding carboxylic acids is 1. The number of anilines is 2. The van der Waals surface area contributed by atoms with E-state index in [9.17, 15) is 4.79 Å². The standard InChI is InChI=1S/C14H15N7O2.C4H10.C2H4/c15-11-9(12(16)22)5-17-21-6-7(4-10(11)21)13-19-20-14(23-13)18-8-2-1-3-8;1-4(2)3;1-2/h4-6,8H,1-3,15H2,(H2,16,22)(H,18,20);4H,1-3H3;1-2H2. The molecular formula is C20H29N7O2. The quantitative estimate of drug-likeness (QED) is 0.571. The lowest BCUT2D eigenvalue weighted by atomic mass is 9.93. The van der Waals surface area contributed by atoms with E-state index in [4.69, 9.17) is 15.9 Å². The van der Waals surface area contributed by atoms with Gasteiger partial charge in [0, 0.05) is 12.2 Å². The summed E-state index contributed by atoms with van der Waals surface area (Å²) in [6, 6.07) is 2.54. The molecule has 29 heavy (non-hydrogen) atoms. The summed E-state index contributed by atoms with van der Waals surface area (Å²) in [5.74, 6) is 0.572. The highest BCUT2D eigenvalue weighted by atomic mass is 16.4. The first kappa shape index (κ1) is 21.9. The van der Waals surface area contributed by atoms with Crippen LogP contribution in [0.2, 0.25) is 0 Å². The van der Waals surface area contributed by atoms with Crippen molar-refractivity contribution >= 4 is 23.1 Å². The first-order valence-electron chi connectivity index (χ1n) is 9.52. The highest BCUT2D eigenvalue weighted by Gasteiger charge is 2.20. The van der Waals surface area contributed by atoms with Crippen LogP contribution in [0.3, 0.4) is 0 Å². The number of nitrogens with zero attached hydrogens (tertiary/aromatic N) is 4. The normalized spacial score (nSPS) is 13.1. The van der Waals surface area contributed by atoms with Gasteiger partial charge in [0.15, 0.2) is 0 Å². The molecule has 9 nitrogen and oxygen atoms in total. The topological polar surface area (TPSA) is 137 Å². The van der Waals surface area contributed by atoms with Gasteiger partial charge >= 0.3 is 6.01 Å². The predicted octanol–water partition coefficient (Wildman–Crippen LogP) is 3.49. The smallest absolute Gasteiger partial charge is 0.315 e. The van der Waals surface area contributed by atoms with E-state index in [1.165, 1.54) is 12.6 Å². The number of nitrogens with two attached hydrogens (primary N) is 2. The fraction of sp³-hybridized carbons (Fsp3) is 0.400. The molecular weight excluding hydrogens is 370 g/mol. The van der Waals surface area contributed by atoms with Crippen molar-refractivity contribution in [3.63, 3.8) is 0 Å². The molecule has 156 valence electrons.